The zero-order valence-corrected chi connectivity index (χ0v) is 13.3. The molecule has 128 valence electrons. The Balaban J connectivity index is 2.07. The molecule has 0 fully saturated rings. The van der Waals surface area contributed by atoms with Gasteiger partial charge < -0.3 is 14.6 Å². The Bertz CT molecular complexity index is 984. The molecule has 0 saturated carbocycles. The van der Waals surface area contributed by atoms with Gasteiger partial charge in [0.05, 0.1) is 19.9 Å². The summed E-state index contributed by atoms with van der Waals surface area (Å²) >= 11 is 0. The van der Waals surface area contributed by atoms with E-state index in [4.69, 9.17) is 9.47 Å². The van der Waals surface area contributed by atoms with E-state index < -0.39 is 11.8 Å². The van der Waals surface area contributed by atoms with Crippen molar-refractivity contribution in [3.63, 3.8) is 0 Å². The largest absolute Gasteiger partial charge is 0.493 e. The third-order valence-electron chi connectivity index (χ3n) is 3.39. The van der Waals surface area contributed by atoms with Gasteiger partial charge in [-0.1, -0.05) is 0 Å². The number of nitrogens with zero attached hydrogens (tertiary/aromatic N) is 4. The number of hydrogen-bond donors (Lipinski definition) is 1. The van der Waals surface area contributed by atoms with E-state index in [1.165, 1.54) is 30.8 Å². The first kappa shape index (κ1) is 16.4. The van der Waals surface area contributed by atoms with Gasteiger partial charge in [0.1, 0.15) is 11.5 Å². The summed E-state index contributed by atoms with van der Waals surface area (Å²) in [6.45, 7) is 0. The van der Waals surface area contributed by atoms with Crippen molar-refractivity contribution in [1.82, 2.24) is 9.38 Å². The van der Waals surface area contributed by atoms with Gasteiger partial charge in [0, 0.05) is 12.3 Å². The number of aromatic nitrogens is 2. The number of pyridine rings is 1. The zero-order chi connectivity index (χ0) is 18.0. The van der Waals surface area contributed by atoms with Crippen LogP contribution >= 0.6 is 0 Å². The van der Waals surface area contributed by atoms with Gasteiger partial charge >= 0.3 is 5.97 Å². The summed E-state index contributed by atoms with van der Waals surface area (Å²) in [5, 5.41) is 17.2. The average Bonchev–Trinajstić information content (AvgIpc) is 2.97. The lowest BCUT2D eigenvalue weighted by Crippen LogP contribution is -1.96. The first-order valence-corrected chi connectivity index (χ1v) is 7.08. The van der Waals surface area contributed by atoms with Crippen LogP contribution in [0.1, 0.15) is 10.5 Å². The molecule has 0 spiro atoms. The highest BCUT2D eigenvalue weighted by atomic mass is 19.1. The topological polar surface area (TPSA) is 97.8 Å². The van der Waals surface area contributed by atoms with Crippen molar-refractivity contribution in [3.8, 4) is 11.5 Å². The fraction of sp³-hybridized carbons (Fsp3) is 0.125. The van der Waals surface area contributed by atoms with Crippen LogP contribution in [0.3, 0.4) is 0 Å². The summed E-state index contributed by atoms with van der Waals surface area (Å²) in [6.07, 6.45) is 1.09. The molecule has 0 aliphatic rings. The number of imidazole rings is 1. The number of azo groups is 1. The maximum atomic E-state index is 13.5. The maximum absolute atomic E-state index is 13.5. The van der Waals surface area contributed by atoms with Gasteiger partial charge in [-0.25, -0.2) is 14.2 Å². The Morgan fingerprint density at radius 1 is 1.16 bits per heavy atom. The number of benzene rings is 1. The van der Waals surface area contributed by atoms with Crippen molar-refractivity contribution in [1.29, 1.82) is 0 Å². The highest BCUT2D eigenvalue weighted by Crippen LogP contribution is 2.32. The van der Waals surface area contributed by atoms with Crippen LogP contribution in [-0.2, 0) is 0 Å². The second-order valence-corrected chi connectivity index (χ2v) is 4.90. The monoisotopic (exact) mass is 344 g/mol. The lowest BCUT2D eigenvalue weighted by molar-refractivity contribution is 0.0692. The van der Waals surface area contributed by atoms with Gasteiger partial charge in [0.25, 0.3) is 0 Å². The molecule has 1 N–H and O–H groups in total. The first-order chi connectivity index (χ1) is 12.0. The molecule has 2 heterocycles. The maximum Gasteiger partial charge on any atom is 0.358 e. The van der Waals surface area contributed by atoms with Gasteiger partial charge in [0.15, 0.2) is 23.0 Å². The SMILES string of the molecule is COc1ccc(N=Nc2c(C(=O)O)nc3ccc(F)cn23)cc1OC. The number of carboxylic acid groups (broad SMARTS) is 1. The second-order valence-electron chi connectivity index (χ2n) is 4.90. The molecule has 1 aromatic carbocycles. The van der Waals surface area contributed by atoms with Gasteiger partial charge in [-0.3, -0.25) is 4.40 Å². The first-order valence-electron chi connectivity index (χ1n) is 7.08. The quantitative estimate of drug-likeness (QED) is 0.713. The summed E-state index contributed by atoms with van der Waals surface area (Å²) in [4.78, 5) is 15.3. The molecule has 0 radical (unpaired) electrons. The molecule has 3 aromatic rings. The summed E-state index contributed by atoms with van der Waals surface area (Å²) in [5.41, 5.74) is 0.329. The van der Waals surface area contributed by atoms with Crippen molar-refractivity contribution < 1.29 is 23.8 Å². The van der Waals surface area contributed by atoms with Crippen LogP contribution in [0.15, 0.2) is 46.8 Å². The third kappa shape index (κ3) is 3.11. The molecule has 0 amide bonds. The standard InChI is InChI=1S/C16H13FN4O4/c1-24-11-5-4-10(7-12(11)25-2)19-20-15-14(16(22)23)18-13-6-3-9(17)8-21(13)15/h3-8H,1-2H3,(H,22,23). The van der Waals surface area contributed by atoms with E-state index in [1.54, 1.807) is 18.2 Å². The number of hydrogen-bond acceptors (Lipinski definition) is 6. The van der Waals surface area contributed by atoms with Gasteiger partial charge in [0.2, 0.25) is 0 Å². The van der Waals surface area contributed by atoms with Crippen molar-refractivity contribution >= 4 is 23.1 Å². The third-order valence-corrected chi connectivity index (χ3v) is 3.39. The minimum Gasteiger partial charge on any atom is -0.493 e. The summed E-state index contributed by atoms with van der Waals surface area (Å²) in [7, 11) is 2.99. The Hall–Kier alpha value is -3.49. The van der Waals surface area contributed by atoms with E-state index in [2.05, 4.69) is 15.2 Å². The van der Waals surface area contributed by atoms with E-state index in [0.717, 1.165) is 6.20 Å². The molecule has 2 aromatic heterocycles. The Morgan fingerprint density at radius 2 is 1.92 bits per heavy atom. The van der Waals surface area contributed by atoms with Crippen molar-refractivity contribution in [2.24, 2.45) is 10.2 Å². The molecule has 0 saturated heterocycles. The summed E-state index contributed by atoms with van der Waals surface area (Å²) in [5.74, 6) is -0.960. The van der Waals surface area contributed by atoms with E-state index in [9.17, 15) is 14.3 Å². The van der Waals surface area contributed by atoms with Crippen LogP contribution in [-0.4, -0.2) is 34.7 Å². The van der Waals surface area contributed by atoms with E-state index in [1.807, 2.05) is 0 Å². The van der Waals surface area contributed by atoms with Crippen LogP contribution in [0, 0.1) is 5.82 Å². The van der Waals surface area contributed by atoms with Crippen molar-refractivity contribution in [3.05, 3.63) is 48.0 Å². The fourth-order valence-electron chi connectivity index (χ4n) is 2.24. The number of carbonyl (C=O) groups is 1. The van der Waals surface area contributed by atoms with E-state index in [0.29, 0.717) is 17.2 Å². The second kappa shape index (κ2) is 6.56. The normalized spacial score (nSPS) is 11.2. The molecule has 0 bridgehead atoms. The number of rotatable bonds is 5. The number of halogens is 1. The lowest BCUT2D eigenvalue weighted by Gasteiger charge is -2.06. The molecule has 0 aliphatic carbocycles. The Kier molecular flexibility index (Phi) is 4.29. The smallest absolute Gasteiger partial charge is 0.358 e. The minimum absolute atomic E-state index is 0.0863. The molecular weight excluding hydrogens is 331 g/mol. The fourth-order valence-corrected chi connectivity index (χ4v) is 2.24. The van der Waals surface area contributed by atoms with E-state index >= 15 is 0 Å². The summed E-state index contributed by atoms with van der Waals surface area (Å²) in [6, 6.07) is 7.38. The molecule has 3 rings (SSSR count). The molecule has 0 unspecified atom stereocenters. The van der Waals surface area contributed by atoms with Crippen molar-refractivity contribution in [2.75, 3.05) is 14.2 Å². The van der Waals surface area contributed by atoms with Gasteiger partial charge in [-0.2, -0.15) is 0 Å². The number of fused-ring (bicyclic) bond motifs is 1. The molecule has 9 heteroatoms. The molecule has 0 aliphatic heterocycles. The number of ether oxygens (including phenoxy) is 2. The lowest BCUT2D eigenvalue weighted by atomic mass is 10.3. The van der Waals surface area contributed by atoms with Crippen LogP contribution in [0.25, 0.3) is 5.65 Å². The van der Waals surface area contributed by atoms with Crippen LogP contribution in [0.4, 0.5) is 15.9 Å². The zero-order valence-electron chi connectivity index (χ0n) is 13.3. The van der Waals surface area contributed by atoms with Gasteiger partial charge in [-0.05, 0) is 24.3 Å². The minimum atomic E-state index is -1.29. The Morgan fingerprint density at radius 3 is 2.60 bits per heavy atom. The van der Waals surface area contributed by atoms with Crippen LogP contribution in [0.5, 0.6) is 11.5 Å². The highest BCUT2D eigenvalue weighted by molar-refractivity contribution is 5.91. The molecular formula is C16H13FN4O4. The highest BCUT2D eigenvalue weighted by Gasteiger charge is 2.18. The Labute approximate surface area is 141 Å². The number of carboxylic acids is 1. The van der Waals surface area contributed by atoms with Crippen molar-refractivity contribution in [2.45, 2.75) is 0 Å². The predicted molar refractivity (Wildman–Crippen MR) is 85.8 cm³/mol. The number of methoxy groups -OCH3 is 2. The van der Waals surface area contributed by atoms with Gasteiger partial charge in [-0.15, -0.1) is 10.2 Å². The average molecular weight is 344 g/mol. The molecule has 25 heavy (non-hydrogen) atoms. The van der Waals surface area contributed by atoms with Crippen LogP contribution in [0.2, 0.25) is 0 Å². The molecule has 8 nitrogen and oxygen atoms in total. The predicted octanol–water partition coefficient (Wildman–Crippen LogP) is 3.60. The van der Waals surface area contributed by atoms with Crippen LogP contribution < -0.4 is 9.47 Å². The molecule has 0 atom stereocenters. The number of aromatic carboxylic acids is 1. The summed E-state index contributed by atoms with van der Waals surface area (Å²) < 4.78 is 25.0. The van der Waals surface area contributed by atoms with E-state index in [-0.39, 0.29) is 17.2 Å².